The molecular formula is C14H21NO4. The number of nitrogens with one attached hydrogen (secondary N) is 1. The van der Waals surface area contributed by atoms with Gasteiger partial charge in [0.2, 0.25) is 0 Å². The lowest BCUT2D eigenvalue weighted by Gasteiger charge is -2.27. The minimum absolute atomic E-state index is 0.323. The number of ether oxygens (including phenoxy) is 1. The van der Waals surface area contributed by atoms with Gasteiger partial charge in [0.25, 0.3) is 5.91 Å². The van der Waals surface area contributed by atoms with Crippen LogP contribution in [0.3, 0.4) is 0 Å². The van der Waals surface area contributed by atoms with E-state index in [4.69, 9.17) is 9.15 Å². The Morgan fingerprint density at radius 2 is 2.05 bits per heavy atom. The van der Waals surface area contributed by atoms with Crippen molar-refractivity contribution in [1.82, 2.24) is 5.32 Å². The summed E-state index contributed by atoms with van der Waals surface area (Å²) in [4.78, 5) is 24.0. The smallest absolute Gasteiger partial charge is 0.331 e. The quantitative estimate of drug-likeness (QED) is 0.831. The lowest BCUT2D eigenvalue weighted by molar-refractivity contribution is -0.147. The number of carbonyl (C=O) groups excluding carboxylic acids is 2. The topological polar surface area (TPSA) is 68.5 Å². The van der Waals surface area contributed by atoms with Gasteiger partial charge in [-0.1, -0.05) is 13.3 Å². The van der Waals surface area contributed by atoms with Crippen molar-refractivity contribution < 1.29 is 18.7 Å². The van der Waals surface area contributed by atoms with Crippen LogP contribution in [0.1, 0.15) is 48.6 Å². The highest BCUT2D eigenvalue weighted by atomic mass is 16.5. The first-order chi connectivity index (χ1) is 8.84. The molecule has 5 heteroatoms. The molecule has 5 nitrogen and oxygen atoms in total. The van der Waals surface area contributed by atoms with E-state index in [0.29, 0.717) is 23.5 Å². The molecule has 0 saturated heterocycles. The average Bonchev–Trinajstić information content (AvgIpc) is 2.67. The first-order valence-corrected chi connectivity index (χ1v) is 6.32. The van der Waals surface area contributed by atoms with Crippen molar-refractivity contribution >= 4 is 11.9 Å². The molecule has 0 radical (unpaired) electrons. The molecule has 106 valence electrons. The molecule has 0 aliphatic carbocycles. The number of amides is 1. The Kier molecular flexibility index (Phi) is 4.75. The van der Waals surface area contributed by atoms with Gasteiger partial charge in [-0.25, -0.2) is 4.79 Å². The van der Waals surface area contributed by atoms with Crippen molar-refractivity contribution in [2.24, 2.45) is 0 Å². The Hall–Kier alpha value is -1.78. The van der Waals surface area contributed by atoms with Gasteiger partial charge in [0.1, 0.15) is 17.1 Å². The molecule has 1 aromatic heterocycles. The van der Waals surface area contributed by atoms with Gasteiger partial charge in [0, 0.05) is 0 Å². The first-order valence-electron chi connectivity index (χ1n) is 6.32. The minimum Gasteiger partial charge on any atom is -0.467 e. The van der Waals surface area contributed by atoms with Crippen molar-refractivity contribution in [2.45, 2.75) is 46.1 Å². The molecule has 0 aliphatic rings. The molecule has 1 rings (SSSR count). The van der Waals surface area contributed by atoms with Crippen molar-refractivity contribution in [3.05, 3.63) is 23.2 Å². The summed E-state index contributed by atoms with van der Waals surface area (Å²) >= 11 is 0. The predicted octanol–water partition coefficient (Wildman–Crippen LogP) is 2.36. The zero-order valence-corrected chi connectivity index (χ0v) is 12.1. The maximum atomic E-state index is 12.2. The highest BCUT2D eigenvalue weighted by molar-refractivity contribution is 5.98. The van der Waals surface area contributed by atoms with Crippen molar-refractivity contribution in [3.63, 3.8) is 0 Å². The zero-order valence-electron chi connectivity index (χ0n) is 12.1. The zero-order chi connectivity index (χ0) is 14.6. The maximum Gasteiger partial charge on any atom is 0.331 e. The van der Waals surface area contributed by atoms with Crippen molar-refractivity contribution in [3.8, 4) is 0 Å². The third-order valence-corrected chi connectivity index (χ3v) is 3.06. The van der Waals surface area contributed by atoms with E-state index < -0.39 is 11.5 Å². The van der Waals surface area contributed by atoms with Crippen LogP contribution in [0, 0.1) is 13.8 Å². The number of hydrogen-bond donors (Lipinski definition) is 1. The van der Waals surface area contributed by atoms with E-state index in [2.05, 4.69) is 5.32 Å². The molecule has 0 unspecified atom stereocenters. The highest BCUT2D eigenvalue weighted by Crippen LogP contribution is 2.18. The number of hydrogen-bond acceptors (Lipinski definition) is 4. The molecule has 0 bridgehead atoms. The fraction of sp³-hybridized carbons (Fsp3) is 0.571. The number of furan rings is 1. The molecule has 1 N–H and O–H groups in total. The molecule has 1 atom stereocenters. The van der Waals surface area contributed by atoms with Crippen LogP contribution in [0.25, 0.3) is 0 Å². The number of aryl methyl sites for hydroxylation is 2. The predicted molar refractivity (Wildman–Crippen MR) is 71.0 cm³/mol. The summed E-state index contributed by atoms with van der Waals surface area (Å²) in [6.07, 6.45) is 1.27. The second kappa shape index (κ2) is 5.91. The molecule has 19 heavy (non-hydrogen) atoms. The number of carbonyl (C=O) groups is 2. The molecule has 0 aliphatic heterocycles. The Morgan fingerprint density at radius 1 is 1.42 bits per heavy atom. The Bertz CT molecular complexity index is 478. The summed E-state index contributed by atoms with van der Waals surface area (Å²) in [7, 11) is 1.32. The molecule has 1 amide bonds. The molecule has 0 fully saturated rings. The summed E-state index contributed by atoms with van der Waals surface area (Å²) in [6.45, 7) is 7.11. The van der Waals surface area contributed by atoms with E-state index in [0.717, 1.165) is 6.42 Å². The fourth-order valence-corrected chi connectivity index (χ4v) is 2.12. The lowest BCUT2D eigenvalue weighted by atomic mass is 9.95. The molecule has 1 aromatic rings. The summed E-state index contributed by atoms with van der Waals surface area (Å²) in [6, 6.07) is 1.66. The van der Waals surface area contributed by atoms with Gasteiger partial charge in [-0.2, -0.15) is 0 Å². The van der Waals surface area contributed by atoms with Crippen LogP contribution in [-0.2, 0) is 9.53 Å². The summed E-state index contributed by atoms with van der Waals surface area (Å²) in [5.74, 6) is 0.438. The maximum absolute atomic E-state index is 12.2. The summed E-state index contributed by atoms with van der Waals surface area (Å²) in [5, 5.41) is 2.74. The number of esters is 1. The first kappa shape index (κ1) is 15.3. The Balaban J connectivity index is 2.94. The lowest BCUT2D eigenvalue weighted by Crippen LogP contribution is -2.52. The van der Waals surface area contributed by atoms with E-state index in [1.165, 1.54) is 7.11 Å². The van der Waals surface area contributed by atoms with Gasteiger partial charge in [-0.3, -0.25) is 4.79 Å². The van der Waals surface area contributed by atoms with Crippen molar-refractivity contribution in [2.75, 3.05) is 7.11 Å². The third kappa shape index (κ3) is 3.36. The van der Waals surface area contributed by atoms with Gasteiger partial charge in [-0.15, -0.1) is 0 Å². The van der Waals surface area contributed by atoms with E-state index in [-0.39, 0.29) is 5.91 Å². The largest absolute Gasteiger partial charge is 0.467 e. The summed E-state index contributed by atoms with van der Waals surface area (Å²) < 4.78 is 10.1. The second-order valence-corrected chi connectivity index (χ2v) is 4.85. The van der Waals surface area contributed by atoms with Gasteiger partial charge in [0.15, 0.2) is 0 Å². The van der Waals surface area contributed by atoms with Crippen LogP contribution in [-0.4, -0.2) is 24.5 Å². The normalized spacial score (nSPS) is 13.7. The Labute approximate surface area is 113 Å². The SMILES string of the molecule is CCC[C@@](C)(NC(=O)c1cc(C)oc1C)C(=O)OC. The monoisotopic (exact) mass is 267 g/mol. The number of methoxy groups -OCH3 is 1. The summed E-state index contributed by atoms with van der Waals surface area (Å²) in [5.41, 5.74) is -0.568. The molecular weight excluding hydrogens is 246 g/mol. The van der Waals surface area contributed by atoms with E-state index in [1.54, 1.807) is 26.8 Å². The van der Waals surface area contributed by atoms with Gasteiger partial charge < -0.3 is 14.5 Å². The molecule has 0 saturated carbocycles. The van der Waals surface area contributed by atoms with Gasteiger partial charge in [0.05, 0.1) is 12.7 Å². The molecule has 1 heterocycles. The van der Waals surface area contributed by atoms with Gasteiger partial charge >= 0.3 is 5.97 Å². The van der Waals surface area contributed by atoms with E-state index >= 15 is 0 Å². The Morgan fingerprint density at radius 3 is 2.47 bits per heavy atom. The molecule has 0 spiro atoms. The van der Waals surface area contributed by atoms with Crippen LogP contribution in [0.2, 0.25) is 0 Å². The fourth-order valence-electron chi connectivity index (χ4n) is 2.12. The average molecular weight is 267 g/mol. The van der Waals surface area contributed by atoms with Crippen LogP contribution in [0.15, 0.2) is 10.5 Å². The standard InChI is InChI=1S/C14H21NO4/c1-6-7-14(4,13(17)18-5)15-12(16)11-8-9(2)19-10(11)3/h8H,6-7H2,1-5H3,(H,15,16)/t14-/m1/s1. The third-order valence-electron chi connectivity index (χ3n) is 3.06. The molecule has 0 aromatic carbocycles. The van der Waals surface area contributed by atoms with Crippen molar-refractivity contribution in [1.29, 1.82) is 0 Å². The number of rotatable bonds is 5. The van der Waals surface area contributed by atoms with Crippen LogP contribution in [0.5, 0.6) is 0 Å². The van der Waals surface area contributed by atoms with Crippen LogP contribution >= 0.6 is 0 Å². The minimum atomic E-state index is -1.02. The highest BCUT2D eigenvalue weighted by Gasteiger charge is 2.35. The second-order valence-electron chi connectivity index (χ2n) is 4.85. The van der Waals surface area contributed by atoms with Crippen LogP contribution in [0.4, 0.5) is 0 Å². The van der Waals surface area contributed by atoms with E-state index in [9.17, 15) is 9.59 Å². The van der Waals surface area contributed by atoms with Crippen LogP contribution < -0.4 is 5.32 Å². The van der Waals surface area contributed by atoms with E-state index in [1.807, 2.05) is 6.92 Å². The van der Waals surface area contributed by atoms with Gasteiger partial charge in [-0.05, 0) is 33.3 Å².